The van der Waals surface area contributed by atoms with E-state index in [2.05, 4.69) is 17.3 Å². The average molecular weight is 432 g/mol. The van der Waals surface area contributed by atoms with Crippen molar-refractivity contribution in [3.05, 3.63) is 40.9 Å². The Hall–Kier alpha value is -1.85. The van der Waals surface area contributed by atoms with Gasteiger partial charge in [0.25, 0.3) is 0 Å². The van der Waals surface area contributed by atoms with Crippen LogP contribution in [0.4, 0.5) is 0 Å². The normalized spacial score (nSPS) is 19.2. The van der Waals surface area contributed by atoms with E-state index in [-0.39, 0.29) is 18.4 Å². The van der Waals surface area contributed by atoms with Crippen LogP contribution >= 0.6 is 11.6 Å². The number of hydrogen-bond donors (Lipinski definition) is 1. The van der Waals surface area contributed by atoms with Crippen LogP contribution in [0, 0.1) is 0 Å². The first-order chi connectivity index (χ1) is 14.5. The summed E-state index contributed by atoms with van der Waals surface area (Å²) in [5.41, 5.74) is 0.851. The molecule has 5 nitrogen and oxygen atoms in total. The van der Waals surface area contributed by atoms with Crippen molar-refractivity contribution in [1.82, 2.24) is 15.1 Å². The third kappa shape index (κ3) is 6.85. The molecule has 0 bridgehead atoms. The quantitative estimate of drug-likeness (QED) is 0.544. The molecule has 0 radical (unpaired) electrons. The standard InChI is InChI=1S/C24H34ClN3O2/c1-27(21-9-4-2-3-5-10-21)22-13-15-28(16-14-22)24(30)18-26-23(29)12-11-19-7-6-8-20(25)17-19/h6-8,11-12,17,21-22H,2-5,9-10,13-16,18H2,1H3,(H,26,29)/b12-11+. The van der Waals surface area contributed by atoms with Crippen LogP contribution in [0.15, 0.2) is 30.3 Å². The summed E-state index contributed by atoms with van der Waals surface area (Å²) in [4.78, 5) is 29.0. The summed E-state index contributed by atoms with van der Waals surface area (Å²) in [6.45, 7) is 1.59. The summed E-state index contributed by atoms with van der Waals surface area (Å²) in [7, 11) is 2.27. The molecule has 2 aliphatic rings. The van der Waals surface area contributed by atoms with Gasteiger partial charge in [-0.15, -0.1) is 0 Å². The van der Waals surface area contributed by atoms with Crippen molar-refractivity contribution in [2.75, 3.05) is 26.7 Å². The lowest BCUT2D eigenvalue weighted by Crippen LogP contribution is -2.50. The first kappa shape index (κ1) is 22.8. The van der Waals surface area contributed by atoms with Gasteiger partial charge in [-0.2, -0.15) is 0 Å². The summed E-state index contributed by atoms with van der Waals surface area (Å²) in [5.74, 6) is -0.276. The average Bonchev–Trinajstić information content (AvgIpc) is 3.05. The third-order valence-corrected chi connectivity index (χ3v) is 6.72. The Morgan fingerprint density at radius 3 is 2.43 bits per heavy atom. The molecule has 6 heteroatoms. The molecule has 0 aromatic heterocycles. The molecule has 2 amide bonds. The Morgan fingerprint density at radius 1 is 1.10 bits per heavy atom. The van der Waals surface area contributed by atoms with E-state index in [4.69, 9.17) is 11.6 Å². The van der Waals surface area contributed by atoms with Crippen molar-refractivity contribution in [2.24, 2.45) is 0 Å². The van der Waals surface area contributed by atoms with Gasteiger partial charge in [-0.3, -0.25) is 9.59 Å². The molecular formula is C24H34ClN3O2. The number of amides is 2. The largest absolute Gasteiger partial charge is 0.343 e. The van der Waals surface area contributed by atoms with Crippen molar-refractivity contribution in [1.29, 1.82) is 0 Å². The summed E-state index contributed by atoms with van der Waals surface area (Å²) >= 11 is 5.94. The van der Waals surface area contributed by atoms with Crippen molar-refractivity contribution in [2.45, 2.75) is 63.5 Å². The number of nitrogens with one attached hydrogen (secondary N) is 1. The van der Waals surface area contributed by atoms with E-state index in [0.29, 0.717) is 17.1 Å². The van der Waals surface area contributed by atoms with E-state index in [1.165, 1.54) is 44.6 Å². The number of likely N-dealkylation sites (tertiary alicyclic amines) is 1. The lowest BCUT2D eigenvalue weighted by Gasteiger charge is -2.40. The highest BCUT2D eigenvalue weighted by atomic mass is 35.5. The first-order valence-electron chi connectivity index (χ1n) is 11.2. The Bertz CT molecular complexity index is 736. The van der Waals surface area contributed by atoms with Crippen LogP contribution in [0.2, 0.25) is 5.02 Å². The van der Waals surface area contributed by atoms with Crippen LogP contribution < -0.4 is 5.32 Å². The van der Waals surface area contributed by atoms with Crippen molar-refractivity contribution >= 4 is 29.5 Å². The van der Waals surface area contributed by atoms with Gasteiger partial charge < -0.3 is 15.1 Å². The number of nitrogens with zero attached hydrogens (tertiary/aromatic N) is 2. The molecule has 3 rings (SSSR count). The Labute approximate surface area is 185 Å². The number of piperidine rings is 1. The summed E-state index contributed by atoms with van der Waals surface area (Å²) in [5, 5.41) is 3.32. The number of hydrogen-bond acceptors (Lipinski definition) is 3. The predicted molar refractivity (Wildman–Crippen MR) is 122 cm³/mol. The van der Waals surface area contributed by atoms with Gasteiger partial charge >= 0.3 is 0 Å². The minimum Gasteiger partial charge on any atom is -0.343 e. The molecule has 1 aliphatic heterocycles. The molecule has 1 N–H and O–H groups in total. The van der Waals surface area contributed by atoms with Crippen molar-refractivity contribution in [3.63, 3.8) is 0 Å². The highest BCUT2D eigenvalue weighted by molar-refractivity contribution is 6.30. The fourth-order valence-electron chi connectivity index (χ4n) is 4.60. The monoisotopic (exact) mass is 431 g/mol. The maximum atomic E-state index is 12.5. The van der Waals surface area contributed by atoms with E-state index in [1.54, 1.807) is 18.2 Å². The molecular weight excluding hydrogens is 398 g/mol. The van der Waals surface area contributed by atoms with Gasteiger partial charge in [0, 0.05) is 36.3 Å². The molecule has 1 heterocycles. The summed E-state index contributed by atoms with van der Waals surface area (Å²) in [6, 6.07) is 8.54. The van der Waals surface area contributed by atoms with E-state index in [1.807, 2.05) is 17.0 Å². The van der Waals surface area contributed by atoms with Crippen LogP contribution in [0.25, 0.3) is 6.08 Å². The van der Waals surface area contributed by atoms with Gasteiger partial charge in [0.2, 0.25) is 11.8 Å². The fourth-order valence-corrected chi connectivity index (χ4v) is 4.80. The summed E-state index contributed by atoms with van der Waals surface area (Å²) < 4.78 is 0. The third-order valence-electron chi connectivity index (χ3n) is 6.48. The smallest absolute Gasteiger partial charge is 0.244 e. The highest BCUT2D eigenvalue weighted by Gasteiger charge is 2.28. The van der Waals surface area contributed by atoms with Crippen molar-refractivity contribution < 1.29 is 9.59 Å². The lowest BCUT2D eigenvalue weighted by atomic mass is 9.99. The van der Waals surface area contributed by atoms with E-state index in [9.17, 15) is 9.59 Å². The second-order valence-electron chi connectivity index (χ2n) is 8.53. The molecule has 1 saturated heterocycles. The number of benzene rings is 1. The van der Waals surface area contributed by atoms with Crippen LogP contribution in [0.3, 0.4) is 0 Å². The second-order valence-corrected chi connectivity index (χ2v) is 8.97. The molecule has 2 fully saturated rings. The lowest BCUT2D eigenvalue weighted by molar-refractivity contribution is -0.133. The van der Waals surface area contributed by atoms with E-state index in [0.717, 1.165) is 31.5 Å². The van der Waals surface area contributed by atoms with Crippen LogP contribution in [0.5, 0.6) is 0 Å². The number of rotatable bonds is 6. The molecule has 0 atom stereocenters. The second kappa shape index (κ2) is 11.5. The predicted octanol–water partition coefficient (Wildman–Crippen LogP) is 4.12. The van der Waals surface area contributed by atoms with Crippen LogP contribution in [-0.2, 0) is 9.59 Å². The SMILES string of the molecule is CN(C1CCCCCC1)C1CCN(C(=O)CNC(=O)/C=C/c2cccc(Cl)c2)CC1. The van der Waals surface area contributed by atoms with Gasteiger partial charge in [0.1, 0.15) is 0 Å². The molecule has 1 aromatic carbocycles. The highest BCUT2D eigenvalue weighted by Crippen LogP contribution is 2.25. The fraction of sp³-hybridized carbons (Fsp3) is 0.583. The zero-order valence-electron chi connectivity index (χ0n) is 18.0. The van der Waals surface area contributed by atoms with Gasteiger partial charge in [-0.1, -0.05) is 49.4 Å². The maximum Gasteiger partial charge on any atom is 0.244 e. The first-order valence-corrected chi connectivity index (χ1v) is 11.6. The maximum absolute atomic E-state index is 12.5. The summed E-state index contributed by atoms with van der Waals surface area (Å²) in [6.07, 6.45) is 13.2. The Balaban J connectivity index is 1.39. The molecule has 1 aromatic rings. The Kier molecular flexibility index (Phi) is 8.76. The minimum atomic E-state index is -0.272. The molecule has 30 heavy (non-hydrogen) atoms. The minimum absolute atomic E-state index is 0.00456. The van der Waals surface area contributed by atoms with Crippen LogP contribution in [-0.4, -0.2) is 60.4 Å². The zero-order chi connectivity index (χ0) is 21.3. The zero-order valence-corrected chi connectivity index (χ0v) is 18.7. The molecule has 1 aliphatic carbocycles. The van der Waals surface area contributed by atoms with E-state index < -0.39 is 0 Å². The number of halogens is 1. The number of carbonyl (C=O) groups excluding carboxylic acids is 2. The van der Waals surface area contributed by atoms with Crippen molar-refractivity contribution in [3.8, 4) is 0 Å². The van der Waals surface area contributed by atoms with Gasteiger partial charge in [-0.25, -0.2) is 0 Å². The van der Waals surface area contributed by atoms with Gasteiger partial charge in [-0.05, 0) is 56.5 Å². The van der Waals surface area contributed by atoms with Gasteiger partial charge in [0.05, 0.1) is 6.54 Å². The molecule has 0 spiro atoms. The number of carbonyl (C=O) groups is 2. The molecule has 0 unspecified atom stereocenters. The molecule has 1 saturated carbocycles. The topological polar surface area (TPSA) is 52.6 Å². The van der Waals surface area contributed by atoms with Gasteiger partial charge in [0.15, 0.2) is 0 Å². The Morgan fingerprint density at radius 2 is 1.77 bits per heavy atom. The van der Waals surface area contributed by atoms with E-state index >= 15 is 0 Å². The van der Waals surface area contributed by atoms with Crippen LogP contribution in [0.1, 0.15) is 56.9 Å². The molecule has 164 valence electrons.